The number of rotatable bonds is 5. The number of fused-ring (bicyclic) bond motifs is 1. The third kappa shape index (κ3) is 4.29. The Labute approximate surface area is 187 Å². The third-order valence-corrected chi connectivity index (χ3v) is 7.36. The molecule has 1 aromatic carbocycles. The van der Waals surface area contributed by atoms with Crippen molar-refractivity contribution in [3.63, 3.8) is 0 Å². The maximum Gasteiger partial charge on any atom is 0.258 e. The first kappa shape index (κ1) is 20.8. The van der Waals surface area contributed by atoms with E-state index >= 15 is 0 Å². The number of nitrogens with two attached hydrogens (primary N) is 1. The molecule has 3 heterocycles. The molecule has 4 aromatic rings. The van der Waals surface area contributed by atoms with Crippen LogP contribution in [0, 0.1) is 0 Å². The van der Waals surface area contributed by atoms with Crippen molar-refractivity contribution < 1.29 is 8.42 Å². The van der Waals surface area contributed by atoms with Crippen LogP contribution >= 0.6 is 0 Å². The van der Waals surface area contributed by atoms with Crippen molar-refractivity contribution in [3.05, 3.63) is 66.9 Å². The van der Waals surface area contributed by atoms with Gasteiger partial charge in [0, 0.05) is 34.9 Å². The largest absolute Gasteiger partial charge is 0.339 e. The van der Waals surface area contributed by atoms with Gasteiger partial charge in [0.15, 0.2) is 5.03 Å². The monoisotopic (exact) mass is 447 g/mol. The Kier molecular flexibility index (Phi) is 5.50. The number of hydrogen-bond donors (Lipinski definition) is 3. The summed E-state index contributed by atoms with van der Waals surface area (Å²) < 4.78 is 28.6. The zero-order valence-corrected chi connectivity index (χ0v) is 18.3. The van der Waals surface area contributed by atoms with Crippen molar-refractivity contribution in [2.75, 3.05) is 0 Å². The molecule has 3 aromatic heterocycles. The van der Waals surface area contributed by atoms with Gasteiger partial charge in [-0.25, -0.2) is 23.1 Å². The summed E-state index contributed by atoms with van der Waals surface area (Å²) >= 11 is 0. The molecule has 5 rings (SSSR count). The Balaban J connectivity index is 1.42. The molecule has 1 fully saturated rings. The lowest BCUT2D eigenvalue weighted by atomic mass is 9.93. The molecule has 1 saturated carbocycles. The molecule has 0 atom stereocenters. The number of pyridine rings is 2. The number of aromatic nitrogens is 3. The summed E-state index contributed by atoms with van der Waals surface area (Å²) in [6, 6.07) is 19.1. The van der Waals surface area contributed by atoms with Gasteiger partial charge in [0.05, 0.1) is 5.69 Å². The zero-order valence-electron chi connectivity index (χ0n) is 17.5. The summed E-state index contributed by atoms with van der Waals surface area (Å²) in [5, 5.41) is 0.956. The van der Waals surface area contributed by atoms with E-state index in [0.29, 0.717) is 5.69 Å². The molecular weight excluding hydrogens is 422 g/mol. The molecule has 1 aliphatic rings. The van der Waals surface area contributed by atoms with Crippen molar-refractivity contribution in [1.82, 2.24) is 19.7 Å². The van der Waals surface area contributed by atoms with Crippen molar-refractivity contribution >= 4 is 21.1 Å². The predicted octanol–water partition coefficient (Wildman–Crippen LogP) is 3.84. The molecular formula is C24H25N5O2S. The minimum absolute atomic E-state index is 0.0176. The van der Waals surface area contributed by atoms with E-state index in [1.165, 1.54) is 6.07 Å². The predicted molar refractivity (Wildman–Crippen MR) is 125 cm³/mol. The Bertz CT molecular complexity index is 1340. The summed E-state index contributed by atoms with van der Waals surface area (Å²) in [6.07, 6.45) is 4.86. The first-order valence-electron chi connectivity index (χ1n) is 10.8. The quantitative estimate of drug-likeness (QED) is 0.430. The smallest absolute Gasteiger partial charge is 0.258 e. The van der Waals surface area contributed by atoms with Crippen LogP contribution in [-0.2, 0) is 10.0 Å². The Morgan fingerprint density at radius 2 is 1.72 bits per heavy atom. The van der Waals surface area contributed by atoms with Crippen LogP contribution in [0.15, 0.2) is 71.9 Å². The summed E-state index contributed by atoms with van der Waals surface area (Å²) in [5.41, 5.74) is 10.1. The molecule has 8 heteroatoms. The van der Waals surface area contributed by atoms with Gasteiger partial charge in [-0.1, -0.05) is 36.4 Å². The maximum absolute atomic E-state index is 12.9. The van der Waals surface area contributed by atoms with Gasteiger partial charge in [0.25, 0.3) is 10.0 Å². The lowest BCUT2D eigenvalue weighted by Crippen LogP contribution is -2.40. The van der Waals surface area contributed by atoms with E-state index in [9.17, 15) is 8.42 Å². The zero-order chi connectivity index (χ0) is 22.1. The molecule has 7 nitrogen and oxygen atoms in total. The molecule has 0 aliphatic heterocycles. The summed E-state index contributed by atoms with van der Waals surface area (Å²) in [4.78, 5) is 12.3. The van der Waals surface area contributed by atoms with Crippen LogP contribution in [0.4, 0.5) is 0 Å². The fourth-order valence-corrected chi connectivity index (χ4v) is 5.44. The van der Waals surface area contributed by atoms with Crippen LogP contribution in [-0.4, -0.2) is 35.5 Å². The topological polar surface area (TPSA) is 114 Å². The Morgan fingerprint density at radius 1 is 0.938 bits per heavy atom. The summed E-state index contributed by atoms with van der Waals surface area (Å²) in [7, 11) is -3.71. The van der Waals surface area contributed by atoms with Crippen LogP contribution in [0.5, 0.6) is 0 Å². The van der Waals surface area contributed by atoms with Crippen LogP contribution in [0.25, 0.3) is 33.5 Å². The van der Waals surface area contributed by atoms with Gasteiger partial charge in [0.1, 0.15) is 5.65 Å². The van der Waals surface area contributed by atoms with Gasteiger partial charge in [-0.05, 0) is 55.5 Å². The first-order chi connectivity index (χ1) is 15.5. The first-order valence-corrected chi connectivity index (χ1v) is 12.3. The lowest BCUT2D eigenvalue weighted by Gasteiger charge is -2.26. The summed E-state index contributed by atoms with van der Waals surface area (Å²) in [6.45, 7) is 0. The van der Waals surface area contributed by atoms with Gasteiger partial charge in [0.2, 0.25) is 0 Å². The van der Waals surface area contributed by atoms with Crippen LogP contribution in [0.2, 0.25) is 0 Å². The van der Waals surface area contributed by atoms with Gasteiger partial charge in [-0.15, -0.1) is 0 Å². The Morgan fingerprint density at radius 3 is 2.50 bits per heavy atom. The highest BCUT2D eigenvalue weighted by atomic mass is 32.2. The standard InChI is InChI=1S/C24H25N5O2S/c25-19-9-11-20(12-10-19)29-32(30,31)23-8-4-7-21(27-23)18-13-17-14-22(28-24(17)26-15-18)16-5-2-1-3-6-16/h1-8,13-15,19-20,29H,9-12,25H2,(H,26,28). The average Bonchev–Trinajstić information content (AvgIpc) is 3.25. The molecule has 0 saturated heterocycles. The van der Waals surface area contributed by atoms with E-state index in [1.54, 1.807) is 18.3 Å². The van der Waals surface area contributed by atoms with E-state index in [4.69, 9.17) is 5.73 Å². The summed E-state index contributed by atoms with van der Waals surface area (Å²) in [5.74, 6) is 0. The molecule has 164 valence electrons. The molecule has 0 amide bonds. The second-order valence-corrected chi connectivity index (χ2v) is 9.97. The SMILES string of the molecule is NC1CCC(NS(=O)(=O)c2cccc(-c3cnc4[nH]c(-c5ccccc5)cc4c3)n2)CC1. The highest BCUT2D eigenvalue weighted by Gasteiger charge is 2.25. The lowest BCUT2D eigenvalue weighted by molar-refractivity contribution is 0.373. The molecule has 0 radical (unpaired) electrons. The molecule has 0 spiro atoms. The van der Waals surface area contributed by atoms with E-state index in [-0.39, 0.29) is 17.1 Å². The second kappa shape index (κ2) is 8.46. The highest BCUT2D eigenvalue weighted by molar-refractivity contribution is 7.89. The fraction of sp³-hybridized carbons (Fsp3) is 0.250. The normalized spacial score (nSPS) is 19.3. The van der Waals surface area contributed by atoms with E-state index < -0.39 is 10.0 Å². The van der Waals surface area contributed by atoms with Crippen molar-refractivity contribution in [2.45, 2.75) is 42.8 Å². The van der Waals surface area contributed by atoms with Crippen molar-refractivity contribution in [1.29, 1.82) is 0 Å². The number of sulfonamides is 1. The highest BCUT2D eigenvalue weighted by Crippen LogP contribution is 2.27. The van der Waals surface area contributed by atoms with E-state index in [0.717, 1.165) is 53.5 Å². The molecule has 0 bridgehead atoms. The van der Waals surface area contributed by atoms with Crippen molar-refractivity contribution in [3.8, 4) is 22.5 Å². The minimum Gasteiger partial charge on any atom is -0.339 e. The van der Waals surface area contributed by atoms with Gasteiger partial charge in [-0.2, -0.15) is 0 Å². The number of nitrogens with one attached hydrogen (secondary N) is 2. The minimum atomic E-state index is -3.71. The molecule has 1 aliphatic carbocycles. The molecule has 0 unspecified atom stereocenters. The number of nitrogens with zero attached hydrogens (tertiary/aromatic N) is 2. The Hall–Kier alpha value is -3.07. The molecule has 4 N–H and O–H groups in total. The second-order valence-electron chi connectivity index (χ2n) is 8.30. The maximum atomic E-state index is 12.9. The molecule has 32 heavy (non-hydrogen) atoms. The van der Waals surface area contributed by atoms with Crippen LogP contribution in [0.3, 0.4) is 0 Å². The van der Waals surface area contributed by atoms with Gasteiger partial charge >= 0.3 is 0 Å². The number of aromatic amines is 1. The number of H-pyrrole nitrogens is 1. The van der Waals surface area contributed by atoms with E-state index in [1.807, 2.05) is 42.5 Å². The van der Waals surface area contributed by atoms with Gasteiger partial charge < -0.3 is 10.7 Å². The van der Waals surface area contributed by atoms with Gasteiger partial charge in [-0.3, -0.25) is 0 Å². The third-order valence-electron chi connectivity index (χ3n) is 5.94. The fourth-order valence-electron chi connectivity index (χ4n) is 4.17. The van der Waals surface area contributed by atoms with Crippen LogP contribution < -0.4 is 10.5 Å². The number of hydrogen-bond acceptors (Lipinski definition) is 5. The average molecular weight is 448 g/mol. The van der Waals surface area contributed by atoms with E-state index in [2.05, 4.69) is 19.7 Å². The van der Waals surface area contributed by atoms with Crippen LogP contribution in [0.1, 0.15) is 25.7 Å². The van der Waals surface area contributed by atoms with Crippen molar-refractivity contribution in [2.24, 2.45) is 5.73 Å². The number of benzene rings is 1.